The van der Waals surface area contributed by atoms with Crippen LogP contribution in [0.15, 0.2) is 63.9 Å². The summed E-state index contributed by atoms with van der Waals surface area (Å²) in [6, 6.07) is 16.1. The van der Waals surface area contributed by atoms with Crippen molar-refractivity contribution in [2.45, 2.75) is 13.0 Å². The van der Waals surface area contributed by atoms with Gasteiger partial charge in [0.2, 0.25) is 18.5 Å². The zero-order valence-corrected chi connectivity index (χ0v) is 16.6. The third kappa shape index (κ3) is 3.73. The SMILES string of the molecule is COc1ccccc1-c1noc(CCn2nc(-c3ccc4c(c3)OCO4)ccc2=O)n1. The number of methoxy groups -OCH3 is 1. The predicted octanol–water partition coefficient (Wildman–Crippen LogP) is 2.94. The van der Waals surface area contributed by atoms with Crippen LogP contribution in [-0.2, 0) is 13.0 Å². The van der Waals surface area contributed by atoms with Crippen LogP contribution < -0.4 is 19.8 Å². The van der Waals surface area contributed by atoms with Gasteiger partial charge in [0.05, 0.1) is 24.9 Å². The Bertz CT molecular complexity index is 1300. The smallest absolute Gasteiger partial charge is 0.266 e. The van der Waals surface area contributed by atoms with Gasteiger partial charge in [-0.15, -0.1) is 0 Å². The van der Waals surface area contributed by atoms with Gasteiger partial charge >= 0.3 is 0 Å². The molecule has 0 saturated carbocycles. The summed E-state index contributed by atoms with van der Waals surface area (Å²) in [6.07, 6.45) is 0.361. The number of rotatable bonds is 6. The molecule has 5 rings (SSSR count). The molecule has 1 aliphatic heterocycles. The van der Waals surface area contributed by atoms with Crippen molar-refractivity contribution in [3.8, 4) is 39.9 Å². The van der Waals surface area contributed by atoms with Crippen LogP contribution in [0.3, 0.4) is 0 Å². The topological polar surface area (TPSA) is 102 Å². The molecule has 2 aromatic carbocycles. The van der Waals surface area contributed by atoms with Gasteiger partial charge in [0.1, 0.15) is 5.75 Å². The minimum atomic E-state index is -0.214. The van der Waals surface area contributed by atoms with Crippen molar-refractivity contribution in [2.75, 3.05) is 13.9 Å². The summed E-state index contributed by atoms with van der Waals surface area (Å²) in [6.45, 7) is 0.498. The average molecular weight is 418 g/mol. The van der Waals surface area contributed by atoms with Gasteiger partial charge < -0.3 is 18.7 Å². The Labute approximate surface area is 176 Å². The van der Waals surface area contributed by atoms with Crippen molar-refractivity contribution in [1.29, 1.82) is 0 Å². The van der Waals surface area contributed by atoms with E-state index in [0.29, 0.717) is 47.6 Å². The van der Waals surface area contributed by atoms with E-state index < -0.39 is 0 Å². The zero-order chi connectivity index (χ0) is 21.2. The van der Waals surface area contributed by atoms with Gasteiger partial charge in [0.25, 0.3) is 5.56 Å². The van der Waals surface area contributed by atoms with Crippen molar-refractivity contribution >= 4 is 0 Å². The maximum Gasteiger partial charge on any atom is 0.266 e. The number of para-hydroxylation sites is 1. The number of nitrogens with zero attached hydrogens (tertiary/aromatic N) is 4. The first kappa shape index (κ1) is 18.9. The van der Waals surface area contributed by atoms with Crippen LogP contribution in [0.1, 0.15) is 5.89 Å². The summed E-state index contributed by atoms with van der Waals surface area (Å²) in [4.78, 5) is 16.7. The second kappa shape index (κ2) is 7.94. The van der Waals surface area contributed by atoms with Gasteiger partial charge in [0, 0.05) is 18.1 Å². The van der Waals surface area contributed by atoms with Crippen molar-refractivity contribution < 1.29 is 18.7 Å². The number of ether oxygens (including phenoxy) is 3. The summed E-state index contributed by atoms with van der Waals surface area (Å²) >= 11 is 0. The molecule has 156 valence electrons. The monoisotopic (exact) mass is 418 g/mol. The highest BCUT2D eigenvalue weighted by Gasteiger charge is 2.16. The molecular formula is C22H18N4O5. The Balaban J connectivity index is 1.35. The van der Waals surface area contributed by atoms with Crippen molar-refractivity contribution in [2.24, 2.45) is 0 Å². The van der Waals surface area contributed by atoms with Gasteiger partial charge in [-0.25, -0.2) is 4.68 Å². The van der Waals surface area contributed by atoms with Crippen LogP contribution in [0.5, 0.6) is 17.2 Å². The van der Waals surface area contributed by atoms with E-state index in [9.17, 15) is 4.79 Å². The molecule has 9 nitrogen and oxygen atoms in total. The fraction of sp³-hybridized carbons (Fsp3) is 0.182. The Hall–Kier alpha value is -4.14. The number of aryl methyl sites for hydroxylation is 2. The molecule has 0 spiro atoms. The van der Waals surface area contributed by atoms with Gasteiger partial charge in [-0.3, -0.25) is 4.79 Å². The van der Waals surface area contributed by atoms with Crippen LogP contribution in [0, 0.1) is 0 Å². The van der Waals surface area contributed by atoms with Crippen LogP contribution in [0.2, 0.25) is 0 Å². The van der Waals surface area contributed by atoms with Crippen LogP contribution in [0.25, 0.3) is 22.6 Å². The predicted molar refractivity (Wildman–Crippen MR) is 110 cm³/mol. The van der Waals surface area contributed by atoms with Gasteiger partial charge in [-0.05, 0) is 36.4 Å². The first-order valence-electron chi connectivity index (χ1n) is 9.65. The minimum absolute atomic E-state index is 0.201. The summed E-state index contributed by atoms with van der Waals surface area (Å²) < 4.78 is 22.8. The summed E-state index contributed by atoms with van der Waals surface area (Å²) in [7, 11) is 1.59. The quantitative estimate of drug-likeness (QED) is 0.471. The molecule has 0 radical (unpaired) electrons. The lowest BCUT2D eigenvalue weighted by atomic mass is 10.1. The summed E-state index contributed by atoms with van der Waals surface area (Å²) in [5.41, 5.74) is 2.00. The Morgan fingerprint density at radius 3 is 2.84 bits per heavy atom. The zero-order valence-electron chi connectivity index (χ0n) is 16.6. The number of benzene rings is 2. The molecule has 0 aliphatic carbocycles. The number of hydrogen-bond acceptors (Lipinski definition) is 8. The molecule has 2 aromatic heterocycles. The second-order valence-corrected chi connectivity index (χ2v) is 6.81. The van der Waals surface area contributed by atoms with Gasteiger partial charge in [0.15, 0.2) is 11.5 Å². The van der Waals surface area contributed by atoms with Crippen LogP contribution in [-0.4, -0.2) is 33.8 Å². The molecule has 4 aromatic rings. The van der Waals surface area contributed by atoms with E-state index in [1.165, 1.54) is 10.7 Å². The number of fused-ring (bicyclic) bond motifs is 1. The fourth-order valence-corrected chi connectivity index (χ4v) is 3.32. The van der Waals surface area contributed by atoms with Crippen molar-refractivity contribution in [3.05, 3.63) is 70.8 Å². The molecule has 0 N–H and O–H groups in total. The maximum absolute atomic E-state index is 12.3. The maximum atomic E-state index is 12.3. The summed E-state index contributed by atoms with van der Waals surface area (Å²) in [5.74, 6) is 2.85. The van der Waals surface area contributed by atoms with Crippen molar-refractivity contribution in [3.63, 3.8) is 0 Å². The summed E-state index contributed by atoms with van der Waals surface area (Å²) in [5, 5.41) is 8.50. The van der Waals surface area contributed by atoms with E-state index in [-0.39, 0.29) is 12.4 Å². The molecule has 0 unspecified atom stereocenters. The first-order valence-corrected chi connectivity index (χ1v) is 9.65. The molecule has 0 amide bonds. The highest BCUT2D eigenvalue weighted by atomic mass is 16.7. The Morgan fingerprint density at radius 1 is 1.06 bits per heavy atom. The van der Waals surface area contributed by atoms with Gasteiger partial charge in [-0.2, -0.15) is 10.1 Å². The number of aromatic nitrogens is 4. The lowest BCUT2D eigenvalue weighted by Crippen LogP contribution is -2.23. The third-order valence-electron chi connectivity index (χ3n) is 4.89. The first-order chi connectivity index (χ1) is 15.2. The Morgan fingerprint density at radius 2 is 1.94 bits per heavy atom. The molecule has 0 bridgehead atoms. The molecule has 0 saturated heterocycles. The molecule has 0 atom stereocenters. The lowest BCUT2D eigenvalue weighted by Gasteiger charge is -2.07. The fourth-order valence-electron chi connectivity index (χ4n) is 3.32. The van der Waals surface area contributed by atoms with Crippen molar-refractivity contribution in [1.82, 2.24) is 19.9 Å². The molecule has 1 aliphatic rings. The van der Waals surface area contributed by atoms with E-state index in [1.807, 2.05) is 42.5 Å². The van der Waals surface area contributed by atoms with Crippen LogP contribution >= 0.6 is 0 Å². The molecule has 31 heavy (non-hydrogen) atoms. The van der Waals surface area contributed by atoms with E-state index in [4.69, 9.17) is 18.7 Å². The second-order valence-electron chi connectivity index (χ2n) is 6.81. The highest BCUT2D eigenvalue weighted by Crippen LogP contribution is 2.35. The normalized spacial score (nSPS) is 12.2. The lowest BCUT2D eigenvalue weighted by molar-refractivity contribution is 0.174. The van der Waals surface area contributed by atoms with E-state index >= 15 is 0 Å². The molecule has 3 heterocycles. The van der Waals surface area contributed by atoms with Gasteiger partial charge in [-0.1, -0.05) is 17.3 Å². The third-order valence-corrected chi connectivity index (χ3v) is 4.89. The molecular weight excluding hydrogens is 400 g/mol. The Kier molecular flexibility index (Phi) is 4.83. The largest absolute Gasteiger partial charge is 0.496 e. The number of hydrogen-bond donors (Lipinski definition) is 0. The van der Waals surface area contributed by atoms with Crippen LogP contribution in [0.4, 0.5) is 0 Å². The van der Waals surface area contributed by atoms with E-state index in [2.05, 4.69) is 15.2 Å². The van der Waals surface area contributed by atoms with E-state index in [1.54, 1.807) is 13.2 Å². The minimum Gasteiger partial charge on any atom is -0.496 e. The molecule has 9 heteroatoms. The van der Waals surface area contributed by atoms with E-state index in [0.717, 1.165) is 11.1 Å². The standard InChI is InChI=1S/C22H18N4O5/c1-28-17-5-3-2-4-15(17)22-23-20(31-25-22)10-11-26-21(27)9-7-16(24-26)14-6-8-18-19(12-14)30-13-29-18/h2-9,12H,10-11,13H2,1H3. The molecule has 0 fully saturated rings. The average Bonchev–Trinajstić information content (AvgIpc) is 3.47. The highest BCUT2D eigenvalue weighted by molar-refractivity contribution is 5.64.